The molecule has 1 N–H and O–H groups in total. The Morgan fingerprint density at radius 2 is 2.03 bits per heavy atom. The zero-order chi connectivity index (χ0) is 22.1. The van der Waals surface area contributed by atoms with Crippen LogP contribution in [-0.2, 0) is 24.8 Å². The van der Waals surface area contributed by atoms with Crippen LogP contribution in [0.15, 0.2) is 47.7 Å². The lowest BCUT2D eigenvalue weighted by atomic mass is 10.1. The summed E-state index contributed by atoms with van der Waals surface area (Å²) in [4.78, 5) is 42.9. The van der Waals surface area contributed by atoms with E-state index in [2.05, 4.69) is 15.4 Å². The van der Waals surface area contributed by atoms with E-state index in [1.165, 1.54) is 32.6 Å². The van der Waals surface area contributed by atoms with Crippen molar-refractivity contribution in [3.05, 3.63) is 76.0 Å². The summed E-state index contributed by atoms with van der Waals surface area (Å²) in [6.07, 6.45) is 3.76. The molecule has 0 radical (unpaired) electrons. The zero-order valence-electron chi connectivity index (χ0n) is 17.1. The van der Waals surface area contributed by atoms with Gasteiger partial charge in [0.15, 0.2) is 0 Å². The molecule has 0 unspecified atom stereocenters. The second-order valence-corrected chi connectivity index (χ2v) is 7.45. The van der Waals surface area contributed by atoms with E-state index in [0.717, 1.165) is 5.56 Å². The monoisotopic (exact) mass is 424 g/mol. The summed E-state index contributed by atoms with van der Waals surface area (Å²) in [7, 11) is 3.23. The Labute approximate surface area is 177 Å². The molecular formula is C21H21FN6O3. The Kier molecular flexibility index (Phi) is 5.37. The second kappa shape index (κ2) is 8.13. The molecule has 3 aromatic rings. The number of nitrogens with one attached hydrogen (secondary N) is 1. The molecule has 3 heterocycles. The molecule has 9 nitrogen and oxygen atoms in total. The number of carbonyl (C=O) groups excluding carboxylic acids is 2. The van der Waals surface area contributed by atoms with Crippen LogP contribution in [0.3, 0.4) is 0 Å². The number of benzene rings is 1. The summed E-state index contributed by atoms with van der Waals surface area (Å²) in [6.45, 7) is 0.127. The van der Waals surface area contributed by atoms with Crippen LogP contribution in [0.5, 0.6) is 0 Å². The van der Waals surface area contributed by atoms with Crippen molar-refractivity contribution in [2.24, 2.45) is 7.05 Å². The van der Waals surface area contributed by atoms with E-state index in [1.807, 2.05) is 0 Å². The highest BCUT2D eigenvalue weighted by molar-refractivity contribution is 6.01. The first-order valence-corrected chi connectivity index (χ1v) is 9.74. The smallest absolute Gasteiger partial charge is 0.291 e. The third-order valence-corrected chi connectivity index (χ3v) is 5.32. The van der Waals surface area contributed by atoms with E-state index < -0.39 is 11.9 Å². The number of pyridine rings is 1. The highest BCUT2D eigenvalue weighted by Gasteiger charge is 2.30. The van der Waals surface area contributed by atoms with Crippen LogP contribution < -0.4 is 15.8 Å². The molecule has 1 aromatic carbocycles. The van der Waals surface area contributed by atoms with Crippen molar-refractivity contribution in [1.82, 2.24) is 24.6 Å². The molecule has 1 aliphatic heterocycles. The Hall–Kier alpha value is -3.82. The Bertz CT molecular complexity index is 1220. The fraction of sp³-hybridized carbons (Fsp3) is 0.286. The molecule has 0 bridgehead atoms. The minimum absolute atomic E-state index is 0.109. The number of amides is 2. The average molecular weight is 424 g/mol. The van der Waals surface area contributed by atoms with E-state index >= 15 is 0 Å². The number of hydrogen-bond acceptors (Lipinski definition) is 5. The van der Waals surface area contributed by atoms with Crippen LogP contribution in [0, 0.1) is 5.82 Å². The van der Waals surface area contributed by atoms with Gasteiger partial charge in [-0.1, -0.05) is 18.2 Å². The lowest BCUT2D eigenvalue weighted by Crippen LogP contribution is -2.47. The van der Waals surface area contributed by atoms with E-state index in [-0.39, 0.29) is 29.7 Å². The number of hydrogen-bond donors (Lipinski definition) is 1. The lowest BCUT2D eigenvalue weighted by Gasteiger charge is -2.22. The summed E-state index contributed by atoms with van der Waals surface area (Å²) in [5, 5.41) is 6.78. The maximum Gasteiger partial charge on any atom is 0.291 e. The molecule has 1 aliphatic rings. The van der Waals surface area contributed by atoms with Gasteiger partial charge in [-0.3, -0.25) is 14.4 Å². The highest BCUT2D eigenvalue weighted by atomic mass is 19.1. The summed E-state index contributed by atoms with van der Waals surface area (Å²) >= 11 is 0. The molecule has 0 saturated carbocycles. The molecule has 160 valence electrons. The van der Waals surface area contributed by atoms with E-state index in [4.69, 9.17) is 0 Å². The number of carbonyl (C=O) groups is 2. The van der Waals surface area contributed by atoms with Crippen LogP contribution >= 0.6 is 0 Å². The molecule has 10 heteroatoms. The summed E-state index contributed by atoms with van der Waals surface area (Å²) in [6, 6.07) is 7.00. The maximum absolute atomic E-state index is 13.8. The molecular weight excluding hydrogens is 403 g/mol. The normalized spacial score (nSPS) is 16.0. The molecule has 2 aromatic heterocycles. The van der Waals surface area contributed by atoms with Crippen molar-refractivity contribution in [2.75, 3.05) is 11.9 Å². The van der Waals surface area contributed by atoms with E-state index in [9.17, 15) is 18.8 Å². The third-order valence-electron chi connectivity index (χ3n) is 5.32. The van der Waals surface area contributed by atoms with Crippen LogP contribution in [0.25, 0.3) is 0 Å². The van der Waals surface area contributed by atoms with Gasteiger partial charge in [-0.2, -0.15) is 0 Å². The quantitative estimate of drug-likeness (QED) is 0.670. The van der Waals surface area contributed by atoms with Gasteiger partial charge in [0.2, 0.25) is 11.7 Å². The molecule has 0 saturated heterocycles. The number of aromatic nitrogens is 4. The molecule has 1 atom stereocenters. The fourth-order valence-electron chi connectivity index (χ4n) is 3.57. The van der Waals surface area contributed by atoms with Crippen molar-refractivity contribution in [1.29, 1.82) is 0 Å². The predicted molar refractivity (Wildman–Crippen MR) is 110 cm³/mol. The van der Waals surface area contributed by atoms with Gasteiger partial charge in [0.1, 0.15) is 18.2 Å². The fourth-order valence-corrected chi connectivity index (χ4v) is 3.57. The van der Waals surface area contributed by atoms with Crippen molar-refractivity contribution < 1.29 is 14.0 Å². The van der Waals surface area contributed by atoms with Gasteiger partial charge in [0.25, 0.3) is 11.5 Å². The number of nitrogens with zero attached hydrogens (tertiary/aromatic N) is 5. The molecule has 0 spiro atoms. The number of fused-ring (bicyclic) bond motifs is 1. The topological polar surface area (TPSA) is 102 Å². The first-order chi connectivity index (χ1) is 14.8. The van der Waals surface area contributed by atoms with Crippen LogP contribution in [0.1, 0.15) is 28.2 Å². The van der Waals surface area contributed by atoms with Gasteiger partial charge in [0, 0.05) is 31.9 Å². The van der Waals surface area contributed by atoms with Crippen molar-refractivity contribution in [2.45, 2.75) is 25.4 Å². The predicted octanol–water partition coefficient (Wildman–Crippen LogP) is 0.872. The van der Waals surface area contributed by atoms with Gasteiger partial charge in [-0.15, -0.1) is 5.10 Å². The molecule has 0 fully saturated rings. The molecule has 31 heavy (non-hydrogen) atoms. The Morgan fingerprint density at radius 3 is 2.81 bits per heavy atom. The number of likely N-dealkylation sites (N-methyl/N-ethyl adjacent to an activating group) is 1. The number of halogens is 1. The number of rotatable bonds is 4. The molecule has 0 aliphatic carbocycles. The lowest BCUT2D eigenvalue weighted by molar-refractivity contribution is -0.120. The first-order valence-electron chi connectivity index (χ1n) is 9.74. The minimum Gasteiger partial charge on any atom is -0.337 e. The van der Waals surface area contributed by atoms with E-state index in [0.29, 0.717) is 24.1 Å². The third kappa shape index (κ3) is 4.09. The first kappa shape index (κ1) is 20.5. The van der Waals surface area contributed by atoms with Crippen LogP contribution in [-0.4, -0.2) is 44.2 Å². The van der Waals surface area contributed by atoms with Crippen LogP contribution in [0.2, 0.25) is 0 Å². The molecule has 2 amide bonds. The SMILES string of the molecule is CN1C(=O)[C@@H](NC(=O)c2ncn(Cc3ccccc3F)n2)CCc2cc(=O)n(C)cc21. The van der Waals surface area contributed by atoms with Crippen molar-refractivity contribution >= 4 is 17.5 Å². The summed E-state index contributed by atoms with van der Waals surface area (Å²) in [5.41, 5.74) is 1.65. The van der Waals surface area contributed by atoms with Crippen molar-refractivity contribution in [3.63, 3.8) is 0 Å². The van der Waals surface area contributed by atoms with E-state index in [1.54, 1.807) is 38.5 Å². The highest BCUT2D eigenvalue weighted by Crippen LogP contribution is 2.24. The second-order valence-electron chi connectivity index (χ2n) is 7.45. The molecule has 4 rings (SSSR count). The summed E-state index contributed by atoms with van der Waals surface area (Å²) < 4.78 is 16.6. The van der Waals surface area contributed by atoms with Gasteiger partial charge >= 0.3 is 0 Å². The summed E-state index contributed by atoms with van der Waals surface area (Å²) in [5.74, 6) is -1.37. The van der Waals surface area contributed by atoms with Crippen molar-refractivity contribution in [3.8, 4) is 0 Å². The van der Waals surface area contributed by atoms with Gasteiger partial charge in [0.05, 0.1) is 12.2 Å². The van der Waals surface area contributed by atoms with Gasteiger partial charge in [-0.25, -0.2) is 14.1 Å². The number of anilines is 1. The zero-order valence-corrected chi connectivity index (χ0v) is 17.1. The van der Waals surface area contributed by atoms with Gasteiger partial charge < -0.3 is 14.8 Å². The Balaban J connectivity index is 1.48. The standard InChI is InChI=1S/C21H21FN6O3/c1-26-11-17-13(9-18(26)29)7-8-16(21(31)27(17)2)24-20(30)19-23-12-28(25-19)10-14-5-3-4-6-15(14)22/h3-6,9,11-12,16H,7-8,10H2,1-2H3,(H,24,30)/t16-/m0/s1. The number of aryl methyl sites for hydroxylation is 2. The largest absolute Gasteiger partial charge is 0.337 e. The Morgan fingerprint density at radius 1 is 1.26 bits per heavy atom. The average Bonchev–Trinajstić information content (AvgIpc) is 3.18. The van der Waals surface area contributed by atoms with Crippen LogP contribution in [0.4, 0.5) is 10.1 Å². The maximum atomic E-state index is 13.8. The van der Waals surface area contributed by atoms with Gasteiger partial charge in [-0.05, 0) is 24.5 Å². The minimum atomic E-state index is -0.788.